The molecule has 0 bridgehead atoms. The Morgan fingerprint density at radius 2 is 0.966 bits per heavy atom. The van der Waals surface area contributed by atoms with Crippen molar-refractivity contribution in [3.63, 3.8) is 0 Å². The molecule has 0 rings (SSSR count). The van der Waals surface area contributed by atoms with E-state index in [0.29, 0.717) is 6.61 Å². The Morgan fingerprint density at radius 1 is 0.534 bits per heavy atom. The summed E-state index contributed by atoms with van der Waals surface area (Å²) in [5.41, 5.74) is 5.37. The summed E-state index contributed by atoms with van der Waals surface area (Å²) >= 11 is 0. The Labute approximate surface area is 354 Å². The van der Waals surface area contributed by atoms with Gasteiger partial charge >= 0.3 is 13.8 Å². The minimum absolute atomic E-state index is 0.0631. The van der Waals surface area contributed by atoms with Crippen LogP contribution in [0.25, 0.3) is 0 Å². The average molecular weight is 828 g/mol. The molecule has 0 aliphatic carbocycles. The molecule has 3 N–H and O–H groups in total. The molecule has 0 amide bonds. The van der Waals surface area contributed by atoms with Gasteiger partial charge in [-0.3, -0.25) is 13.8 Å². The van der Waals surface area contributed by atoms with Gasteiger partial charge < -0.3 is 20.1 Å². The third-order valence-corrected chi connectivity index (χ3v) is 9.66. The zero-order chi connectivity index (χ0) is 42.3. The summed E-state index contributed by atoms with van der Waals surface area (Å²) in [5.74, 6) is -0.368. The van der Waals surface area contributed by atoms with E-state index in [0.717, 1.165) is 96.3 Å². The molecule has 58 heavy (non-hydrogen) atoms. The van der Waals surface area contributed by atoms with Crippen LogP contribution in [-0.4, -0.2) is 49.9 Å². The maximum Gasteiger partial charge on any atom is 0.472 e. The molecular weight excluding hydrogens is 746 g/mol. The molecule has 330 valence electrons. The van der Waals surface area contributed by atoms with Crippen molar-refractivity contribution in [1.29, 1.82) is 0 Å². The fourth-order valence-electron chi connectivity index (χ4n) is 5.43. The summed E-state index contributed by atoms with van der Waals surface area (Å²) in [5, 5.41) is 0. The highest BCUT2D eigenvalue weighted by Gasteiger charge is 2.25. The van der Waals surface area contributed by atoms with E-state index in [2.05, 4.69) is 123 Å². The number of phosphoric ester groups is 1. The molecule has 9 heteroatoms. The van der Waals surface area contributed by atoms with Gasteiger partial charge in [0.15, 0.2) is 0 Å². The quantitative estimate of drug-likeness (QED) is 0.0271. The van der Waals surface area contributed by atoms with Gasteiger partial charge in [0, 0.05) is 19.6 Å². The van der Waals surface area contributed by atoms with Gasteiger partial charge in [-0.25, -0.2) is 4.57 Å². The van der Waals surface area contributed by atoms with Crippen molar-refractivity contribution in [1.82, 2.24) is 0 Å². The molecule has 0 saturated heterocycles. The second-order valence-electron chi connectivity index (χ2n) is 14.2. The first-order chi connectivity index (χ1) is 28.4. The monoisotopic (exact) mass is 828 g/mol. The number of phosphoric acid groups is 1. The zero-order valence-corrected chi connectivity index (χ0v) is 37.4. The molecule has 0 aliphatic rings. The molecule has 0 radical (unpaired) electrons. The third kappa shape index (κ3) is 44.3. The first kappa shape index (κ1) is 55.2. The van der Waals surface area contributed by atoms with Crippen molar-refractivity contribution in [2.24, 2.45) is 5.73 Å². The van der Waals surface area contributed by atoms with E-state index in [1.54, 1.807) is 0 Å². The van der Waals surface area contributed by atoms with Gasteiger partial charge in [0.1, 0.15) is 6.10 Å². The molecule has 0 spiro atoms. The highest BCUT2D eigenvalue weighted by Crippen LogP contribution is 2.43. The number of allylic oxidation sites excluding steroid dienone is 18. The smallest absolute Gasteiger partial charge is 0.457 e. The topological polar surface area (TPSA) is 117 Å². The second-order valence-corrected chi connectivity index (χ2v) is 15.6. The predicted octanol–water partition coefficient (Wildman–Crippen LogP) is 13.6. The maximum atomic E-state index is 12.6. The normalized spacial score (nSPS) is 14.5. The summed E-state index contributed by atoms with van der Waals surface area (Å²) in [6, 6.07) is 0. The minimum Gasteiger partial charge on any atom is -0.457 e. The van der Waals surface area contributed by atoms with E-state index in [-0.39, 0.29) is 38.8 Å². The van der Waals surface area contributed by atoms with Crippen LogP contribution in [0.1, 0.15) is 155 Å². The highest BCUT2D eigenvalue weighted by molar-refractivity contribution is 7.47. The van der Waals surface area contributed by atoms with Crippen LogP contribution in [0, 0.1) is 0 Å². The number of rotatable bonds is 41. The summed E-state index contributed by atoms with van der Waals surface area (Å²) in [4.78, 5) is 22.5. The fraction of sp³-hybridized carbons (Fsp3) is 0.612. The number of hydrogen-bond acceptors (Lipinski definition) is 7. The van der Waals surface area contributed by atoms with E-state index < -0.39 is 13.9 Å². The van der Waals surface area contributed by atoms with Crippen LogP contribution < -0.4 is 5.73 Å². The molecule has 0 aromatic heterocycles. The lowest BCUT2D eigenvalue weighted by molar-refractivity contribution is -0.154. The van der Waals surface area contributed by atoms with Crippen molar-refractivity contribution in [2.45, 2.75) is 161 Å². The minimum atomic E-state index is -4.31. The number of ether oxygens (including phenoxy) is 2. The van der Waals surface area contributed by atoms with Crippen LogP contribution in [0.3, 0.4) is 0 Å². The Hall–Kier alpha value is -2.84. The maximum absolute atomic E-state index is 12.6. The fourth-order valence-corrected chi connectivity index (χ4v) is 6.20. The van der Waals surface area contributed by atoms with Gasteiger partial charge in [0.2, 0.25) is 0 Å². The molecular formula is C49H82NO7P. The zero-order valence-electron chi connectivity index (χ0n) is 36.5. The molecule has 8 nitrogen and oxygen atoms in total. The molecule has 0 aliphatic heterocycles. The van der Waals surface area contributed by atoms with Crippen LogP contribution in [0.15, 0.2) is 109 Å². The van der Waals surface area contributed by atoms with E-state index in [1.165, 1.54) is 38.5 Å². The lowest BCUT2D eigenvalue weighted by Crippen LogP contribution is -2.28. The van der Waals surface area contributed by atoms with E-state index in [4.69, 9.17) is 24.3 Å². The molecule has 2 atom stereocenters. The molecule has 0 aromatic rings. The van der Waals surface area contributed by atoms with Gasteiger partial charge in [-0.15, -0.1) is 0 Å². The number of nitrogens with two attached hydrogens (primary N) is 1. The third-order valence-electron chi connectivity index (χ3n) is 8.67. The van der Waals surface area contributed by atoms with E-state index in [1.807, 2.05) is 0 Å². The molecule has 0 fully saturated rings. The Kier molecular flexibility index (Phi) is 43.0. The van der Waals surface area contributed by atoms with Crippen LogP contribution in [0.4, 0.5) is 0 Å². The Bertz CT molecular complexity index is 1250. The van der Waals surface area contributed by atoms with Crippen molar-refractivity contribution < 1.29 is 32.8 Å². The van der Waals surface area contributed by atoms with Gasteiger partial charge in [0.25, 0.3) is 0 Å². The lowest BCUT2D eigenvalue weighted by Gasteiger charge is -2.20. The second kappa shape index (κ2) is 45.2. The standard InChI is InChI=1S/C49H82NO7P/c1-3-5-7-9-11-13-15-17-19-21-23-25-27-29-31-33-35-37-39-41-44-54-46-48(47-56-58(52,53)55-45-43-50)57-49(51)42-40-38-36-34-32-30-28-26-24-22-20-18-16-14-12-10-8-6-4-2/h5,7,11-14,17-20,23-26,29,31,35,37,48H,3-4,6,8-10,15-16,21-22,27-28,30,32-34,36,38-47,50H2,1-2H3,(H,52,53)/b7-5-,13-11-,14-12-,19-17-,20-18-,25-23-,26-24-,31-29-,37-35-. The molecule has 0 heterocycles. The number of unbranched alkanes of at least 4 members (excludes halogenated alkanes) is 10. The van der Waals surface area contributed by atoms with Crippen molar-refractivity contribution in [3.8, 4) is 0 Å². The Morgan fingerprint density at radius 3 is 1.45 bits per heavy atom. The van der Waals surface area contributed by atoms with Crippen molar-refractivity contribution in [3.05, 3.63) is 109 Å². The average Bonchev–Trinajstić information content (AvgIpc) is 3.21. The number of hydrogen-bond donors (Lipinski definition) is 2. The summed E-state index contributed by atoms with van der Waals surface area (Å²) in [6.07, 6.45) is 61.2. The van der Waals surface area contributed by atoms with Crippen molar-refractivity contribution >= 4 is 13.8 Å². The van der Waals surface area contributed by atoms with Crippen LogP contribution >= 0.6 is 7.82 Å². The summed E-state index contributed by atoms with van der Waals surface area (Å²) in [6.45, 7) is 4.57. The SMILES string of the molecule is CC/C=C\C/C=C\C/C=C\C/C=C\C/C=C\C/C=C\CCCOCC(COP(=O)(O)OCCN)OC(=O)CCCCCCCC/C=C\C/C=C\C/C=C\CCCCC. The first-order valence-electron chi connectivity index (χ1n) is 22.4. The van der Waals surface area contributed by atoms with E-state index >= 15 is 0 Å². The predicted molar refractivity (Wildman–Crippen MR) is 247 cm³/mol. The molecule has 0 aromatic carbocycles. The number of esters is 1. The molecule has 0 saturated carbocycles. The Balaban J connectivity index is 4.19. The van der Waals surface area contributed by atoms with E-state index in [9.17, 15) is 14.3 Å². The number of carbonyl (C=O) groups is 1. The van der Waals surface area contributed by atoms with Gasteiger partial charge in [-0.2, -0.15) is 0 Å². The van der Waals surface area contributed by atoms with Gasteiger partial charge in [-0.1, -0.05) is 162 Å². The van der Waals surface area contributed by atoms with Crippen LogP contribution in [0.2, 0.25) is 0 Å². The molecule has 2 unspecified atom stereocenters. The summed E-state index contributed by atoms with van der Waals surface area (Å²) in [7, 11) is -4.31. The van der Waals surface area contributed by atoms with Gasteiger partial charge in [-0.05, 0) is 96.3 Å². The largest absolute Gasteiger partial charge is 0.472 e. The first-order valence-corrected chi connectivity index (χ1v) is 23.9. The summed E-state index contributed by atoms with van der Waals surface area (Å²) < 4.78 is 33.4. The number of carbonyl (C=O) groups excluding carboxylic acids is 1. The van der Waals surface area contributed by atoms with Crippen molar-refractivity contribution in [2.75, 3.05) is 33.0 Å². The van der Waals surface area contributed by atoms with Crippen LogP contribution in [0.5, 0.6) is 0 Å². The lowest BCUT2D eigenvalue weighted by atomic mass is 10.1. The van der Waals surface area contributed by atoms with Gasteiger partial charge in [0.05, 0.1) is 19.8 Å². The highest BCUT2D eigenvalue weighted by atomic mass is 31.2. The van der Waals surface area contributed by atoms with Crippen LogP contribution in [-0.2, 0) is 27.9 Å².